The average molecular weight is 171 g/mol. The number of nitrogens with one attached hydrogen (secondary N) is 1. The van der Waals surface area contributed by atoms with Crippen LogP contribution in [0.2, 0.25) is 0 Å². The van der Waals surface area contributed by atoms with Crippen LogP contribution >= 0.6 is 0 Å². The third-order valence-electron chi connectivity index (χ3n) is 2.51. The van der Waals surface area contributed by atoms with Crippen molar-refractivity contribution in [3.8, 4) is 0 Å². The van der Waals surface area contributed by atoms with E-state index in [1.54, 1.807) is 0 Å². The number of rotatable bonds is 6. The molecule has 0 rings (SSSR count). The van der Waals surface area contributed by atoms with Crippen molar-refractivity contribution in [2.75, 3.05) is 7.05 Å². The molecule has 12 heavy (non-hydrogen) atoms. The fraction of sp³-hybridized carbons (Fsp3) is 1.00. The lowest BCUT2D eigenvalue weighted by Gasteiger charge is -2.23. The highest BCUT2D eigenvalue weighted by Gasteiger charge is 2.13. The predicted molar refractivity (Wildman–Crippen MR) is 56.4 cm³/mol. The molecule has 1 nitrogen and oxygen atoms in total. The standard InChI is InChI=1S/C11H25N/c1-10(2)8-6-7-9-11(3,4)12-5/h10,12H,6-9H2,1-5H3. The highest BCUT2D eigenvalue weighted by molar-refractivity contribution is 4.74. The molecule has 0 aliphatic heterocycles. The average Bonchev–Trinajstić information content (AvgIpc) is 1.98. The van der Waals surface area contributed by atoms with Gasteiger partial charge in [0.05, 0.1) is 0 Å². The Labute approximate surface area is 77.9 Å². The van der Waals surface area contributed by atoms with E-state index < -0.39 is 0 Å². The molecule has 0 aliphatic carbocycles. The van der Waals surface area contributed by atoms with Crippen LogP contribution in [-0.2, 0) is 0 Å². The Morgan fingerprint density at radius 1 is 1.17 bits per heavy atom. The molecule has 0 amide bonds. The summed E-state index contributed by atoms with van der Waals surface area (Å²) in [7, 11) is 2.04. The summed E-state index contributed by atoms with van der Waals surface area (Å²) in [5.41, 5.74) is 0.330. The van der Waals surface area contributed by atoms with Crippen molar-refractivity contribution in [3.05, 3.63) is 0 Å². The summed E-state index contributed by atoms with van der Waals surface area (Å²) in [5, 5.41) is 3.33. The van der Waals surface area contributed by atoms with Crippen molar-refractivity contribution in [2.45, 2.75) is 58.9 Å². The smallest absolute Gasteiger partial charge is 0.0122 e. The third kappa shape index (κ3) is 6.66. The molecule has 74 valence electrons. The fourth-order valence-electron chi connectivity index (χ4n) is 1.24. The van der Waals surface area contributed by atoms with Crippen molar-refractivity contribution >= 4 is 0 Å². The molecule has 0 radical (unpaired) electrons. The van der Waals surface area contributed by atoms with Crippen molar-refractivity contribution < 1.29 is 0 Å². The van der Waals surface area contributed by atoms with Gasteiger partial charge in [0, 0.05) is 5.54 Å². The van der Waals surface area contributed by atoms with Gasteiger partial charge in [-0.2, -0.15) is 0 Å². The zero-order chi connectivity index (χ0) is 9.61. The first-order valence-electron chi connectivity index (χ1n) is 5.17. The van der Waals surface area contributed by atoms with Gasteiger partial charge < -0.3 is 5.32 Å². The van der Waals surface area contributed by atoms with Gasteiger partial charge in [-0.05, 0) is 33.2 Å². The van der Waals surface area contributed by atoms with E-state index in [4.69, 9.17) is 0 Å². The second kappa shape index (κ2) is 5.58. The largest absolute Gasteiger partial charge is 0.315 e. The Morgan fingerprint density at radius 2 is 1.75 bits per heavy atom. The molecule has 0 saturated heterocycles. The molecule has 0 aliphatic rings. The normalized spacial score (nSPS) is 12.5. The summed E-state index contributed by atoms with van der Waals surface area (Å²) in [6.45, 7) is 9.12. The van der Waals surface area contributed by atoms with Gasteiger partial charge >= 0.3 is 0 Å². The van der Waals surface area contributed by atoms with Crippen molar-refractivity contribution in [1.29, 1.82) is 0 Å². The van der Waals surface area contributed by atoms with Crippen LogP contribution < -0.4 is 5.32 Å². The number of hydrogen-bond acceptors (Lipinski definition) is 1. The van der Waals surface area contributed by atoms with Crippen LogP contribution in [0.1, 0.15) is 53.4 Å². The van der Waals surface area contributed by atoms with E-state index in [9.17, 15) is 0 Å². The van der Waals surface area contributed by atoms with E-state index in [0.717, 1.165) is 5.92 Å². The maximum absolute atomic E-state index is 3.33. The molecule has 0 aromatic carbocycles. The van der Waals surface area contributed by atoms with Crippen molar-refractivity contribution in [1.82, 2.24) is 5.32 Å². The summed E-state index contributed by atoms with van der Waals surface area (Å²) in [5.74, 6) is 0.864. The zero-order valence-corrected chi connectivity index (χ0v) is 9.41. The summed E-state index contributed by atoms with van der Waals surface area (Å²) in [4.78, 5) is 0. The van der Waals surface area contributed by atoms with E-state index in [2.05, 4.69) is 33.0 Å². The van der Waals surface area contributed by atoms with E-state index in [1.165, 1.54) is 25.7 Å². The van der Waals surface area contributed by atoms with Gasteiger partial charge in [-0.3, -0.25) is 0 Å². The highest BCUT2D eigenvalue weighted by Crippen LogP contribution is 2.15. The van der Waals surface area contributed by atoms with Gasteiger partial charge in [0.25, 0.3) is 0 Å². The molecule has 0 bridgehead atoms. The Kier molecular flexibility index (Phi) is 5.56. The van der Waals surface area contributed by atoms with Gasteiger partial charge in [-0.15, -0.1) is 0 Å². The second-order valence-corrected chi connectivity index (χ2v) is 4.77. The quantitative estimate of drug-likeness (QED) is 0.605. The van der Waals surface area contributed by atoms with Crippen LogP contribution in [0.25, 0.3) is 0 Å². The van der Waals surface area contributed by atoms with Gasteiger partial charge in [-0.1, -0.05) is 33.1 Å². The minimum atomic E-state index is 0.330. The van der Waals surface area contributed by atoms with Crippen LogP contribution in [0, 0.1) is 5.92 Å². The summed E-state index contributed by atoms with van der Waals surface area (Å²) >= 11 is 0. The van der Waals surface area contributed by atoms with Gasteiger partial charge in [-0.25, -0.2) is 0 Å². The Hall–Kier alpha value is -0.0400. The molecule has 1 heteroatoms. The molecule has 0 aromatic rings. The van der Waals surface area contributed by atoms with Crippen LogP contribution in [0.3, 0.4) is 0 Å². The lowest BCUT2D eigenvalue weighted by atomic mass is 9.95. The Morgan fingerprint density at radius 3 is 2.17 bits per heavy atom. The van der Waals surface area contributed by atoms with Crippen LogP contribution in [0.15, 0.2) is 0 Å². The van der Waals surface area contributed by atoms with E-state index in [1.807, 2.05) is 7.05 Å². The van der Waals surface area contributed by atoms with Crippen LogP contribution in [0.4, 0.5) is 0 Å². The molecule has 0 heterocycles. The summed E-state index contributed by atoms with van der Waals surface area (Å²) in [6.07, 6.45) is 5.39. The van der Waals surface area contributed by atoms with Gasteiger partial charge in [0.15, 0.2) is 0 Å². The van der Waals surface area contributed by atoms with Crippen molar-refractivity contribution in [2.24, 2.45) is 5.92 Å². The molecule has 1 N–H and O–H groups in total. The van der Waals surface area contributed by atoms with Gasteiger partial charge in [0.2, 0.25) is 0 Å². The Balaban J connectivity index is 3.31. The van der Waals surface area contributed by atoms with Crippen molar-refractivity contribution in [3.63, 3.8) is 0 Å². The minimum absolute atomic E-state index is 0.330. The lowest BCUT2D eigenvalue weighted by molar-refractivity contribution is 0.368. The molecule has 0 fully saturated rings. The third-order valence-corrected chi connectivity index (χ3v) is 2.51. The Bertz CT molecular complexity index is 106. The zero-order valence-electron chi connectivity index (χ0n) is 9.41. The van der Waals surface area contributed by atoms with E-state index in [-0.39, 0.29) is 0 Å². The minimum Gasteiger partial charge on any atom is -0.315 e. The topological polar surface area (TPSA) is 12.0 Å². The fourth-order valence-corrected chi connectivity index (χ4v) is 1.24. The molecular weight excluding hydrogens is 146 g/mol. The number of unbranched alkanes of at least 4 members (excludes halogenated alkanes) is 1. The van der Waals surface area contributed by atoms with E-state index >= 15 is 0 Å². The first-order valence-corrected chi connectivity index (χ1v) is 5.17. The second-order valence-electron chi connectivity index (χ2n) is 4.77. The number of hydrogen-bond donors (Lipinski definition) is 1. The molecule has 0 atom stereocenters. The maximum atomic E-state index is 3.33. The first-order chi connectivity index (χ1) is 5.48. The monoisotopic (exact) mass is 171 g/mol. The predicted octanol–water partition coefficient (Wildman–Crippen LogP) is 3.20. The molecule has 0 unspecified atom stereocenters. The summed E-state index contributed by atoms with van der Waals surface area (Å²) < 4.78 is 0. The van der Waals surface area contributed by atoms with Crippen LogP contribution in [0.5, 0.6) is 0 Å². The highest BCUT2D eigenvalue weighted by atomic mass is 14.9. The first kappa shape index (κ1) is 12.0. The molecule has 0 saturated carbocycles. The van der Waals surface area contributed by atoms with Gasteiger partial charge in [0.1, 0.15) is 0 Å². The molecule has 0 aromatic heterocycles. The maximum Gasteiger partial charge on any atom is 0.0122 e. The SMILES string of the molecule is CNC(C)(C)CCCCC(C)C. The van der Waals surface area contributed by atoms with Crippen LogP contribution in [-0.4, -0.2) is 12.6 Å². The molecular formula is C11H25N. The summed E-state index contributed by atoms with van der Waals surface area (Å²) in [6, 6.07) is 0. The van der Waals surface area contributed by atoms with E-state index in [0.29, 0.717) is 5.54 Å². The lowest BCUT2D eigenvalue weighted by Crippen LogP contribution is -2.35. The molecule has 0 spiro atoms.